The van der Waals surface area contributed by atoms with Gasteiger partial charge in [-0.05, 0) is 48.8 Å². The summed E-state index contributed by atoms with van der Waals surface area (Å²) in [6.45, 7) is 13.8. The maximum absolute atomic E-state index is 14.5. The smallest absolute Gasteiger partial charge is 0.303 e. The molecule has 24 heteroatoms. The Morgan fingerprint density at radius 2 is 1.19 bits per heavy atom. The molecule has 0 aliphatic carbocycles. The number of carboxylic acids is 1. The number of nitrogens with zero attached hydrogens (tertiary/aromatic N) is 13. The molecular formula is C48H72N16O8. The van der Waals surface area contributed by atoms with Crippen LogP contribution in [0.1, 0.15) is 94.5 Å². The van der Waals surface area contributed by atoms with Crippen molar-refractivity contribution in [1.29, 1.82) is 0 Å². The van der Waals surface area contributed by atoms with Gasteiger partial charge in [0.2, 0.25) is 29.7 Å². The van der Waals surface area contributed by atoms with Gasteiger partial charge in [-0.3, -0.25) is 14.4 Å². The number of ether oxygens (including phenoxy) is 3. The SMILES string of the molecule is C#CCOCCOCCOCCNc1nc(N2CCN(C(=O)[C@@H](Cc3ccc(O)cc3)n3cc(C(N)CC(C)C)nn3)CC2)nc(N2CCN(C(=O)[C@H](CCC(=O)O)n3cc(C(N)CC(C)C)nn3)CC2)n1. The summed E-state index contributed by atoms with van der Waals surface area (Å²) in [5.74, 6) is 2.96. The Bertz CT molecular complexity index is 2360. The summed E-state index contributed by atoms with van der Waals surface area (Å²) in [5.41, 5.74) is 14.8. The largest absolute Gasteiger partial charge is 0.508 e. The van der Waals surface area contributed by atoms with E-state index in [0.717, 1.165) is 12.0 Å². The predicted octanol–water partition coefficient (Wildman–Crippen LogP) is 1.83. The van der Waals surface area contributed by atoms with Crippen molar-refractivity contribution in [2.45, 2.75) is 84.0 Å². The van der Waals surface area contributed by atoms with Gasteiger partial charge in [-0.25, -0.2) is 9.36 Å². The van der Waals surface area contributed by atoms with Crippen LogP contribution in [0.15, 0.2) is 36.7 Å². The highest BCUT2D eigenvalue weighted by Gasteiger charge is 2.34. The van der Waals surface area contributed by atoms with Crippen LogP contribution in [0.5, 0.6) is 5.75 Å². The average molecular weight is 1000 g/mol. The number of terminal acetylenes is 1. The van der Waals surface area contributed by atoms with Crippen LogP contribution in [0.2, 0.25) is 0 Å². The quantitative estimate of drug-likeness (QED) is 0.0401. The van der Waals surface area contributed by atoms with Gasteiger partial charge in [0.25, 0.3) is 0 Å². The average Bonchev–Trinajstić information content (AvgIpc) is 4.07. The summed E-state index contributed by atoms with van der Waals surface area (Å²) >= 11 is 0. The van der Waals surface area contributed by atoms with Crippen molar-refractivity contribution in [2.24, 2.45) is 23.3 Å². The molecule has 1 aromatic carbocycles. The Morgan fingerprint density at radius 1 is 0.708 bits per heavy atom. The molecule has 72 heavy (non-hydrogen) atoms. The van der Waals surface area contributed by atoms with Crippen molar-refractivity contribution in [3.8, 4) is 18.1 Å². The number of aliphatic carboxylic acids is 1. The standard InChI is InChI=1S/C48H72N16O8/c1-6-22-70-24-26-72-27-25-71-23-13-51-46-52-47(61-18-14-59(15-19-61)44(68)41(11-12-43(66)67)63-31-39(55-57-63)37(49)28-33(2)3)54-48(53-46)62-20-16-60(17-21-62)45(69)42(30-35-7-9-36(65)10-8-35)64-32-40(56-58-64)38(50)29-34(4)5/h1,7-10,31-34,37-38,41-42,65H,11-30,49-50H2,2-5H3,(H,66,67)(H,51,52,53,54)/t37?,38?,41-,42+/m0/s1. The molecule has 2 saturated heterocycles. The summed E-state index contributed by atoms with van der Waals surface area (Å²) in [4.78, 5) is 62.4. The lowest BCUT2D eigenvalue weighted by Crippen LogP contribution is -2.52. The molecule has 0 spiro atoms. The second-order valence-electron chi connectivity index (χ2n) is 18.8. The van der Waals surface area contributed by atoms with Crippen molar-refractivity contribution in [1.82, 2.24) is 54.7 Å². The minimum atomic E-state index is -1.02. The molecule has 5 heterocycles. The molecule has 2 aliphatic heterocycles. The lowest BCUT2D eigenvalue weighted by molar-refractivity contribution is -0.139. The fraction of sp³-hybridized carbons (Fsp3) is 0.625. The van der Waals surface area contributed by atoms with E-state index in [0.29, 0.717) is 146 Å². The number of hydrogen-bond acceptors (Lipinski definition) is 19. The maximum atomic E-state index is 14.5. The Morgan fingerprint density at radius 3 is 1.69 bits per heavy atom. The molecule has 0 saturated carbocycles. The van der Waals surface area contributed by atoms with Crippen LogP contribution in [-0.2, 0) is 35.0 Å². The predicted molar refractivity (Wildman–Crippen MR) is 267 cm³/mol. The number of hydrogen-bond donors (Lipinski definition) is 5. The zero-order chi connectivity index (χ0) is 51.6. The van der Waals surface area contributed by atoms with Crippen LogP contribution in [0, 0.1) is 24.2 Å². The van der Waals surface area contributed by atoms with Crippen LogP contribution in [0.3, 0.4) is 0 Å². The summed E-state index contributed by atoms with van der Waals surface area (Å²) in [6, 6.07) is 4.48. The highest BCUT2D eigenvalue weighted by molar-refractivity contribution is 5.82. The topological polar surface area (TPSA) is 296 Å². The molecule has 2 aliphatic rings. The fourth-order valence-electron chi connectivity index (χ4n) is 8.46. The number of amides is 2. The van der Waals surface area contributed by atoms with E-state index in [1.54, 1.807) is 46.2 Å². The molecule has 0 radical (unpaired) electrons. The van der Waals surface area contributed by atoms with Crippen LogP contribution in [-0.4, -0.2) is 181 Å². The van der Waals surface area contributed by atoms with E-state index in [9.17, 15) is 24.6 Å². The normalized spacial score (nSPS) is 15.9. The minimum absolute atomic E-state index is 0.0355. The third kappa shape index (κ3) is 16.3. The van der Waals surface area contributed by atoms with E-state index in [2.05, 4.69) is 59.6 Å². The van der Waals surface area contributed by atoms with Gasteiger partial charge < -0.3 is 60.8 Å². The molecule has 24 nitrogen and oxygen atoms in total. The van der Waals surface area contributed by atoms with Gasteiger partial charge in [0.15, 0.2) is 0 Å². The Hall–Kier alpha value is -6.52. The van der Waals surface area contributed by atoms with Crippen molar-refractivity contribution in [3.05, 3.63) is 53.6 Å². The summed E-state index contributed by atoms with van der Waals surface area (Å²) in [7, 11) is 0. The molecule has 2 fully saturated rings. The number of nitrogens with one attached hydrogen (secondary N) is 1. The number of phenols is 1. The van der Waals surface area contributed by atoms with Crippen LogP contribution >= 0.6 is 0 Å². The molecule has 0 bridgehead atoms. The van der Waals surface area contributed by atoms with Crippen LogP contribution < -0.4 is 26.6 Å². The fourth-order valence-corrected chi connectivity index (χ4v) is 8.46. The third-order valence-electron chi connectivity index (χ3n) is 12.3. The first-order valence-electron chi connectivity index (χ1n) is 24.8. The number of benzene rings is 1. The molecule has 3 aromatic heterocycles. The van der Waals surface area contributed by atoms with Gasteiger partial charge in [0.05, 0.1) is 68.9 Å². The first-order valence-corrected chi connectivity index (χ1v) is 24.8. The Labute approximate surface area is 420 Å². The number of carbonyl (C=O) groups is 3. The highest BCUT2D eigenvalue weighted by Crippen LogP contribution is 2.26. The molecule has 7 N–H and O–H groups in total. The third-order valence-corrected chi connectivity index (χ3v) is 12.3. The zero-order valence-corrected chi connectivity index (χ0v) is 42.0. The van der Waals surface area contributed by atoms with Gasteiger partial charge in [-0.1, -0.05) is 56.2 Å². The number of nitrogens with two attached hydrogens (primary N) is 2. The van der Waals surface area contributed by atoms with Crippen molar-refractivity contribution in [3.63, 3.8) is 0 Å². The van der Waals surface area contributed by atoms with E-state index in [4.69, 9.17) is 47.1 Å². The van der Waals surface area contributed by atoms with E-state index in [1.807, 2.05) is 14.7 Å². The van der Waals surface area contributed by atoms with Gasteiger partial charge in [0.1, 0.15) is 24.4 Å². The van der Waals surface area contributed by atoms with E-state index < -0.39 is 18.1 Å². The Balaban J connectivity index is 1.14. The van der Waals surface area contributed by atoms with Crippen LogP contribution in [0.25, 0.3) is 0 Å². The zero-order valence-electron chi connectivity index (χ0n) is 42.0. The molecule has 392 valence electrons. The maximum Gasteiger partial charge on any atom is 0.303 e. The van der Waals surface area contributed by atoms with Gasteiger partial charge in [-0.15, -0.1) is 16.6 Å². The molecule has 2 unspecified atom stereocenters. The highest BCUT2D eigenvalue weighted by atomic mass is 16.5. The number of piperazine rings is 2. The lowest BCUT2D eigenvalue weighted by Gasteiger charge is -2.38. The second kappa shape index (κ2) is 27.3. The number of anilines is 3. The van der Waals surface area contributed by atoms with E-state index >= 15 is 0 Å². The van der Waals surface area contributed by atoms with E-state index in [-0.39, 0.29) is 49.1 Å². The Kier molecular flexibility index (Phi) is 20.8. The lowest BCUT2D eigenvalue weighted by atomic mass is 10.0. The number of carbonyl (C=O) groups excluding carboxylic acids is 2. The van der Waals surface area contributed by atoms with Gasteiger partial charge >= 0.3 is 5.97 Å². The minimum Gasteiger partial charge on any atom is -0.508 e. The van der Waals surface area contributed by atoms with Gasteiger partial charge in [0, 0.05) is 71.7 Å². The van der Waals surface area contributed by atoms with E-state index in [1.165, 1.54) is 4.68 Å². The number of carboxylic acid groups (broad SMARTS) is 1. The van der Waals surface area contributed by atoms with Crippen molar-refractivity contribution >= 4 is 35.6 Å². The number of phenolic OH excluding ortho intramolecular Hbond substituents is 1. The monoisotopic (exact) mass is 1000 g/mol. The number of rotatable bonds is 28. The van der Waals surface area contributed by atoms with Crippen molar-refractivity contribution in [2.75, 3.05) is 114 Å². The van der Waals surface area contributed by atoms with Crippen LogP contribution in [0.4, 0.5) is 17.8 Å². The number of aromatic nitrogens is 9. The molecule has 2 amide bonds. The van der Waals surface area contributed by atoms with Gasteiger partial charge in [-0.2, -0.15) is 15.0 Å². The first-order chi connectivity index (χ1) is 34.7. The first kappa shape index (κ1) is 54.8. The summed E-state index contributed by atoms with van der Waals surface area (Å²) in [5, 5.41) is 40.0. The molecule has 6 rings (SSSR count). The van der Waals surface area contributed by atoms with Crippen molar-refractivity contribution < 1.29 is 38.8 Å². The molecule has 4 atom stereocenters. The summed E-state index contributed by atoms with van der Waals surface area (Å²) < 4.78 is 19.6. The second-order valence-corrected chi connectivity index (χ2v) is 18.8. The molecular weight excluding hydrogens is 929 g/mol. The number of aromatic hydroxyl groups is 1. The molecule has 4 aromatic rings. The summed E-state index contributed by atoms with van der Waals surface area (Å²) in [6.07, 6.45) is 10.1.